The maximum absolute atomic E-state index is 13.1. The van der Waals surface area contributed by atoms with E-state index in [1.807, 2.05) is 30.0 Å². The molecule has 7 nitrogen and oxygen atoms in total. The van der Waals surface area contributed by atoms with Crippen LogP contribution in [0.3, 0.4) is 0 Å². The van der Waals surface area contributed by atoms with E-state index in [9.17, 15) is 9.59 Å². The summed E-state index contributed by atoms with van der Waals surface area (Å²) in [6, 6.07) is 9.63. The second-order valence-electron chi connectivity index (χ2n) is 6.70. The van der Waals surface area contributed by atoms with Crippen molar-refractivity contribution in [2.24, 2.45) is 0 Å². The highest BCUT2D eigenvalue weighted by Gasteiger charge is 2.37. The lowest BCUT2D eigenvalue weighted by atomic mass is 10.1. The van der Waals surface area contributed by atoms with Gasteiger partial charge in [0.25, 0.3) is 0 Å². The molecule has 1 aromatic carbocycles. The SMILES string of the molecule is CCNC(=O)N1CCN(Cc2ccccc2)CC1C(=O)N1CCOCC1. The molecule has 1 N–H and O–H groups in total. The highest BCUT2D eigenvalue weighted by Crippen LogP contribution is 2.16. The summed E-state index contributed by atoms with van der Waals surface area (Å²) in [5.74, 6) is 0.0253. The standard InChI is InChI=1S/C19H28N4O3/c1-2-20-19(25)23-9-8-21(14-16-6-4-3-5-7-16)15-17(23)18(24)22-10-12-26-13-11-22/h3-7,17H,2,8-15H2,1H3,(H,20,25). The Hall–Kier alpha value is -2.12. The number of hydrogen-bond donors (Lipinski definition) is 1. The number of amides is 3. The van der Waals surface area contributed by atoms with Crippen LogP contribution in [0.4, 0.5) is 4.79 Å². The van der Waals surface area contributed by atoms with Crippen LogP contribution >= 0.6 is 0 Å². The van der Waals surface area contributed by atoms with Crippen molar-refractivity contribution < 1.29 is 14.3 Å². The molecule has 0 aliphatic carbocycles. The first-order chi connectivity index (χ1) is 12.7. The third-order valence-electron chi connectivity index (χ3n) is 4.91. The first-order valence-corrected chi connectivity index (χ1v) is 9.36. The minimum Gasteiger partial charge on any atom is -0.378 e. The van der Waals surface area contributed by atoms with Crippen molar-refractivity contribution in [3.8, 4) is 0 Å². The number of piperazine rings is 1. The molecule has 7 heteroatoms. The summed E-state index contributed by atoms with van der Waals surface area (Å²) in [7, 11) is 0. The average molecular weight is 360 g/mol. The average Bonchev–Trinajstić information content (AvgIpc) is 2.69. The number of carbonyl (C=O) groups excluding carboxylic acids is 2. The zero-order valence-corrected chi connectivity index (χ0v) is 15.4. The molecule has 142 valence electrons. The van der Waals surface area contributed by atoms with Gasteiger partial charge in [0.15, 0.2) is 0 Å². The van der Waals surface area contributed by atoms with E-state index in [4.69, 9.17) is 4.74 Å². The van der Waals surface area contributed by atoms with Crippen molar-refractivity contribution in [2.45, 2.75) is 19.5 Å². The second-order valence-corrected chi connectivity index (χ2v) is 6.70. The molecule has 0 aromatic heterocycles. The van der Waals surface area contributed by atoms with Gasteiger partial charge in [-0.05, 0) is 12.5 Å². The lowest BCUT2D eigenvalue weighted by Gasteiger charge is -2.42. The molecule has 0 bridgehead atoms. The van der Waals surface area contributed by atoms with E-state index in [0.717, 1.165) is 13.1 Å². The Balaban J connectivity index is 1.71. The first-order valence-electron chi connectivity index (χ1n) is 9.36. The first kappa shape index (κ1) is 18.7. The molecule has 2 aliphatic heterocycles. The molecule has 2 fully saturated rings. The Kier molecular flexibility index (Phi) is 6.46. The van der Waals surface area contributed by atoms with E-state index in [0.29, 0.717) is 45.9 Å². The lowest BCUT2D eigenvalue weighted by Crippen LogP contribution is -2.63. The van der Waals surface area contributed by atoms with Gasteiger partial charge in [0.05, 0.1) is 13.2 Å². The van der Waals surface area contributed by atoms with Crippen molar-refractivity contribution in [3.05, 3.63) is 35.9 Å². The third-order valence-corrected chi connectivity index (χ3v) is 4.91. The number of urea groups is 1. The Labute approximate surface area is 154 Å². The quantitative estimate of drug-likeness (QED) is 0.861. The summed E-state index contributed by atoms with van der Waals surface area (Å²) in [4.78, 5) is 31.3. The van der Waals surface area contributed by atoms with E-state index in [1.165, 1.54) is 5.56 Å². The fourth-order valence-electron chi connectivity index (χ4n) is 3.53. The summed E-state index contributed by atoms with van der Waals surface area (Å²) in [6.45, 7) is 7.43. The summed E-state index contributed by atoms with van der Waals surface area (Å²) in [5.41, 5.74) is 1.22. The molecule has 1 atom stereocenters. The number of benzene rings is 1. The fourth-order valence-corrected chi connectivity index (χ4v) is 3.53. The molecule has 0 radical (unpaired) electrons. The van der Waals surface area contributed by atoms with Gasteiger partial charge in [-0.15, -0.1) is 0 Å². The van der Waals surface area contributed by atoms with E-state index >= 15 is 0 Å². The third kappa shape index (κ3) is 4.53. The van der Waals surface area contributed by atoms with Crippen LogP contribution in [0.25, 0.3) is 0 Å². The molecule has 2 saturated heterocycles. The van der Waals surface area contributed by atoms with Gasteiger partial charge in [0.2, 0.25) is 5.91 Å². The van der Waals surface area contributed by atoms with Crippen LogP contribution in [0.2, 0.25) is 0 Å². The molecular weight excluding hydrogens is 332 g/mol. The lowest BCUT2D eigenvalue weighted by molar-refractivity contribution is -0.142. The molecule has 2 aliphatic rings. The second kappa shape index (κ2) is 9.00. The Morgan fingerprint density at radius 1 is 1.12 bits per heavy atom. The summed E-state index contributed by atoms with van der Waals surface area (Å²) >= 11 is 0. The number of nitrogens with one attached hydrogen (secondary N) is 1. The van der Waals surface area contributed by atoms with Crippen molar-refractivity contribution in [3.63, 3.8) is 0 Å². The summed E-state index contributed by atoms with van der Waals surface area (Å²) in [5, 5.41) is 2.84. The predicted octanol–water partition coefficient (Wildman–Crippen LogP) is 0.761. The highest BCUT2D eigenvalue weighted by molar-refractivity contribution is 5.87. The van der Waals surface area contributed by atoms with Crippen LogP contribution in [-0.2, 0) is 16.1 Å². The van der Waals surface area contributed by atoms with Crippen molar-refractivity contribution >= 4 is 11.9 Å². The maximum Gasteiger partial charge on any atom is 0.318 e. The normalized spacial score (nSPS) is 21.5. The molecule has 3 amide bonds. The number of rotatable bonds is 4. The van der Waals surface area contributed by atoms with Gasteiger partial charge in [-0.3, -0.25) is 9.69 Å². The summed E-state index contributed by atoms with van der Waals surface area (Å²) < 4.78 is 5.35. The smallest absolute Gasteiger partial charge is 0.318 e. The number of hydrogen-bond acceptors (Lipinski definition) is 4. The maximum atomic E-state index is 13.1. The molecule has 1 aromatic rings. The Morgan fingerprint density at radius 2 is 1.85 bits per heavy atom. The van der Waals surface area contributed by atoms with Gasteiger partial charge in [0, 0.05) is 45.8 Å². The number of ether oxygens (including phenoxy) is 1. The Bertz CT molecular complexity index is 604. The molecule has 2 heterocycles. The van der Waals surface area contributed by atoms with E-state index < -0.39 is 6.04 Å². The van der Waals surface area contributed by atoms with Crippen LogP contribution in [-0.4, -0.2) is 85.2 Å². The molecule has 0 saturated carbocycles. The van der Waals surface area contributed by atoms with Gasteiger partial charge < -0.3 is 19.9 Å². The van der Waals surface area contributed by atoms with E-state index in [2.05, 4.69) is 22.3 Å². The van der Waals surface area contributed by atoms with E-state index in [1.54, 1.807) is 4.90 Å². The largest absolute Gasteiger partial charge is 0.378 e. The minimum atomic E-state index is -0.447. The van der Waals surface area contributed by atoms with E-state index in [-0.39, 0.29) is 11.9 Å². The van der Waals surface area contributed by atoms with Crippen LogP contribution < -0.4 is 5.32 Å². The molecule has 3 rings (SSSR count). The topological polar surface area (TPSA) is 65.1 Å². The molecular formula is C19H28N4O3. The molecule has 26 heavy (non-hydrogen) atoms. The van der Waals surface area contributed by atoms with Crippen molar-refractivity contribution in [1.29, 1.82) is 0 Å². The molecule has 0 spiro atoms. The van der Waals surface area contributed by atoms with Gasteiger partial charge in [-0.2, -0.15) is 0 Å². The highest BCUT2D eigenvalue weighted by atomic mass is 16.5. The monoisotopic (exact) mass is 360 g/mol. The zero-order chi connectivity index (χ0) is 18.4. The van der Waals surface area contributed by atoms with Crippen LogP contribution in [0.15, 0.2) is 30.3 Å². The van der Waals surface area contributed by atoms with Gasteiger partial charge in [0.1, 0.15) is 6.04 Å². The van der Waals surface area contributed by atoms with Gasteiger partial charge in [-0.25, -0.2) is 4.79 Å². The Morgan fingerprint density at radius 3 is 2.54 bits per heavy atom. The summed E-state index contributed by atoms with van der Waals surface area (Å²) in [6.07, 6.45) is 0. The molecule has 1 unspecified atom stereocenters. The number of morpholine rings is 1. The van der Waals surface area contributed by atoms with Crippen LogP contribution in [0.1, 0.15) is 12.5 Å². The van der Waals surface area contributed by atoms with Crippen molar-refractivity contribution in [1.82, 2.24) is 20.0 Å². The van der Waals surface area contributed by atoms with Crippen LogP contribution in [0.5, 0.6) is 0 Å². The van der Waals surface area contributed by atoms with Gasteiger partial charge >= 0.3 is 6.03 Å². The van der Waals surface area contributed by atoms with Crippen molar-refractivity contribution in [2.75, 3.05) is 52.5 Å². The predicted molar refractivity (Wildman–Crippen MR) is 98.7 cm³/mol. The minimum absolute atomic E-state index is 0.0253. The van der Waals surface area contributed by atoms with Crippen LogP contribution in [0, 0.1) is 0 Å². The number of nitrogens with zero attached hydrogens (tertiary/aromatic N) is 3. The van der Waals surface area contributed by atoms with Gasteiger partial charge in [-0.1, -0.05) is 30.3 Å². The number of carbonyl (C=O) groups is 2. The fraction of sp³-hybridized carbons (Fsp3) is 0.579. The zero-order valence-electron chi connectivity index (χ0n) is 15.4.